The summed E-state index contributed by atoms with van der Waals surface area (Å²) in [4.78, 5) is 28.1. The topological polar surface area (TPSA) is 34.1 Å². The van der Waals surface area contributed by atoms with Crippen molar-refractivity contribution in [2.24, 2.45) is 5.92 Å². The molecule has 2 heterocycles. The molecule has 6 heteroatoms. The highest BCUT2D eigenvalue weighted by Gasteiger charge is 2.37. The Balaban J connectivity index is 1.68. The van der Waals surface area contributed by atoms with Crippen molar-refractivity contribution in [2.45, 2.75) is 97.3 Å². The summed E-state index contributed by atoms with van der Waals surface area (Å²) in [6.45, 7) is 4.52. The van der Waals surface area contributed by atoms with Crippen molar-refractivity contribution in [3.05, 3.63) is 40.1 Å². The molecule has 0 aliphatic heterocycles. The fraction of sp³-hybridized carbons (Fsp3) is 0.615. The minimum Gasteiger partial charge on any atom is -0.288 e. The van der Waals surface area contributed by atoms with Gasteiger partial charge in [0.2, 0.25) is 5.78 Å². The second-order valence-corrected chi connectivity index (χ2v) is 13.8. The minimum absolute atomic E-state index is 0.00454. The summed E-state index contributed by atoms with van der Waals surface area (Å²) >= 11 is 9.92. The molecule has 0 bridgehead atoms. The first-order valence-corrected chi connectivity index (χ1v) is 15.4. The second-order valence-electron chi connectivity index (χ2n) is 8.99. The van der Waals surface area contributed by atoms with Gasteiger partial charge in [0.25, 0.3) is 0 Å². The Kier molecular flexibility index (Phi) is 10.7. The lowest BCUT2D eigenvalue weighted by Crippen LogP contribution is -2.17. The van der Waals surface area contributed by atoms with Gasteiger partial charge in [-0.2, -0.15) is 0 Å². The van der Waals surface area contributed by atoms with Crippen LogP contribution in [-0.2, 0) is 6.42 Å². The lowest BCUT2D eigenvalue weighted by atomic mass is 9.89. The lowest BCUT2D eigenvalue weighted by Gasteiger charge is -2.16. The molecular weight excluding hydrogens is 568 g/mol. The molecule has 2 aromatic heterocycles. The standard InChI is InChI=1S/C26H34Br2O2S2/c1-3-5-7-9-10-12-14-17(13-11-8-6-4-2)15-18-16-19-22(29)20-21(23(30)24(19)31-18)26(28)32-25(20)27/h16-17H,3-15H2,1-2H3. The van der Waals surface area contributed by atoms with Crippen LogP contribution in [0.25, 0.3) is 0 Å². The number of carbonyl (C=O) groups is 2. The largest absolute Gasteiger partial charge is 0.288 e. The second kappa shape index (κ2) is 13.0. The van der Waals surface area contributed by atoms with E-state index in [2.05, 4.69) is 45.7 Å². The van der Waals surface area contributed by atoms with Crippen molar-refractivity contribution in [2.75, 3.05) is 0 Å². The molecule has 1 aliphatic rings. The molecule has 1 unspecified atom stereocenters. The molecule has 0 N–H and O–H groups in total. The molecule has 0 fully saturated rings. The Hall–Kier alpha value is -0.300. The van der Waals surface area contributed by atoms with E-state index in [0.29, 0.717) is 27.5 Å². The molecular formula is C26H34Br2O2S2. The smallest absolute Gasteiger partial charge is 0.206 e. The van der Waals surface area contributed by atoms with Crippen molar-refractivity contribution >= 4 is 66.1 Å². The Bertz CT molecular complexity index is 875. The first-order chi connectivity index (χ1) is 15.5. The molecule has 32 heavy (non-hydrogen) atoms. The van der Waals surface area contributed by atoms with Gasteiger partial charge >= 0.3 is 0 Å². The molecule has 1 atom stereocenters. The zero-order valence-electron chi connectivity index (χ0n) is 19.2. The fourth-order valence-corrected chi connectivity index (χ4v) is 8.96. The molecule has 0 aromatic carbocycles. The van der Waals surface area contributed by atoms with E-state index >= 15 is 0 Å². The summed E-state index contributed by atoms with van der Waals surface area (Å²) < 4.78 is 1.49. The maximum atomic E-state index is 13.1. The van der Waals surface area contributed by atoms with Crippen LogP contribution in [-0.4, -0.2) is 11.6 Å². The van der Waals surface area contributed by atoms with E-state index in [0.717, 1.165) is 14.0 Å². The van der Waals surface area contributed by atoms with Crippen LogP contribution < -0.4 is 0 Å². The number of carbonyl (C=O) groups excluding carboxylic acids is 2. The van der Waals surface area contributed by atoms with E-state index < -0.39 is 0 Å². The van der Waals surface area contributed by atoms with Crippen LogP contribution in [0, 0.1) is 5.92 Å². The van der Waals surface area contributed by atoms with Gasteiger partial charge in [-0.1, -0.05) is 90.9 Å². The van der Waals surface area contributed by atoms with Gasteiger partial charge in [-0.25, -0.2) is 0 Å². The SMILES string of the molecule is CCCCCCCCC(CCCCCC)Cc1cc2c(s1)C(=O)c1c(Br)sc(Br)c1C2=O. The van der Waals surface area contributed by atoms with E-state index in [1.807, 2.05) is 6.07 Å². The number of rotatable bonds is 14. The molecule has 0 amide bonds. The summed E-state index contributed by atoms with van der Waals surface area (Å²) in [7, 11) is 0. The van der Waals surface area contributed by atoms with Gasteiger partial charge in [0.15, 0.2) is 5.78 Å². The Labute approximate surface area is 217 Å². The maximum Gasteiger partial charge on any atom is 0.206 e. The summed E-state index contributed by atoms with van der Waals surface area (Å²) in [5, 5.41) is 0. The summed E-state index contributed by atoms with van der Waals surface area (Å²) in [5.74, 6) is 0.631. The maximum absolute atomic E-state index is 13.1. The third-order valence-corrected chi connectivity index (χ3v) is 10.1. The van der Waals surface area contributed by atoms with Gasteiger partial charge in [0.1, 0.15) is 0 Å². The highest BCUT2D eigenvalue weighted by atomic mass is 79.9. The zero-order chi connectivity index (χ0) is 23.1. The molecule has 3 rings (SSSR count). The third-order valence-electron chi connectivity index (χ3n) is 6.43. The van der Waals surface area contributed by atoms with Gasteiger partial charge < -0.3 is 0 Å². The quantitative estimate of drug-likeness (QED) is 0.172. The van der Waals surface area contributed by atoms with Crippen molar-refractivity contribution in [1.29, 1.82) is 0 Å². The summed E-state index contributed by atoms with van der Waals surface area (Å²) in [6, 6.07) is 2.02. The number of fused-ring (bicyclic) bond motifs is 2. The number of ketones is 2. The first-order valence-electron chi connectivity index (χ1n) is 12.2. The number of hydrogen-bond acceptors (Lipinski definition) is 4. The Morgan fingerprint density at radius 2 is 1.28 bits per heavy atom. The first kappa shape index (κ1) is 26.3. The summed E-state index contributed by atoms with van der Waals surface area (Å²) in [6.07, 6.45) is 16.6. The zero-order valence-corrected chi connectivity index (χ0v) is 24.0. The monoisotopic (exact) mass is 600 g/mol. The molecule has 0 saturated carbocycles. The Morgan fingerprint density at radius 1 is 0.750 bits per heavy atom. The molecule has 0 radical (unpaired) electrons. The van der Waals surface area contributed by atoms with E-state index in [9.17, 15) is 9.59 Å². The normalized spacial score (nSPS) is 14.0. The van der Waals surface area contributed by atoms with Crippen LogP contribution in [0.15, 0.2) is 13.6 Å². The Morgan fingerprint density at radius 3 is 1.91 bits per heavy atom. The molecule has 1 aliphatic carbocycles. The van der Waals surface area contributed by atoms with Gasteiger partial charge in [0, 0.05) is 10.4 Å². The van der Waals surface area contributed by atoms with Crippen LogP contribution in [0.4, 0.5) is 0 Å². The number of halogens is 2. The van der Waals surface area contributed by atoms with Crippen LogP contribution in [0.1, 0.15) is 127 Å². The molecule has 0 saturated heterocycles. The van der Waals surface area contributed by atoms with Crippen molar-refractivity contribution in [1.82, 2.24) is 0 Å². The van der Waals surface area contributed by atoms with E-state index in [4.69, 9.17) is 0 Å². The third kappa shape index (κ3) is 6.43. The molecule has 176 valence electrons. The van der Waals surface area contributed by atoms with E-state index in [-0.39, 0.29) is 11.6 Å². The average Bonchev–Trinajstić information content (AvgIpc) is 3.32. The minimum atomic E-state index is -0.0126. The van der Waals surface area contributed by atoms with Crippen LogP contribution in [0.3, 0.4) is 0 Å². The molecule has 0 spiro atoms. The van der Waals surface area contributed by atoms with Crippen molar-refractivity contribution in [3.63, 3.8) is 0 Å². The van der Waals surface area contributed by atoms with Crippen LogP contribution >= 0.6 is 54.5 Å². The average molecular weight is 602 g/mol. The molecule has 2 aromatic rings. The van der Waals surface area contributed by atoms with Crippen molar-refractivity contribution < 1.29 is 9.59 Å². The van der Waals surface area contributed by atoms with Gasteiger partial charge in [0.05, 0.1) is 23.6 Å². The summed E-state index contributed by atoms with van der Waals surface area (Å²) in [5.41, 5.74) is 1.68. The van der Waals surface area contributed by atoms with E-state index in [1.54, 1.807) is 11.3 Å². The van der Waals surface area contributed by atoms with Gasteiger partial charge in [-0.05, 0) is 50.3 Å². The lowest BCUT2D eigenvalue weighted by molar-refractivity contribution is 0.0982. The number of thiophene rings is 2. The predicted molar refractivity (Wildman–Crippen MR) is 145 cm³/mol. The van der Waals surface area contributed by atoms with Crippen LogP contribution in [0.5, 0.6) is 0 Å². The predicted octanol–water partition coefficient (Wildman–Crippen LogP) is 9.99. The van der Waals surface area contributed by atoms with Crippen LogP contribution in [0.2, 0.25) is 0 Å². The molecule has 2 nitrogen and oxygen atoms in total. The van der Waals surface area contributed by atoms with Crippen molar-refractivity contribution in [3.8, 4) is 0 Å². The number of unbranched alkanes of at least 4 members (excludes halogenated alkanes) is 8. The van der Waals surface area contributed by atoms with Gasteiger partial charge in [-0.3, -0.25) is 9.59 Å². The highest BCUT2D eigenvalue weighted by Crippen LogP contribution is 2.44. The van der Waals surface area contributed by atoms with E-state index in [1.165, 1.54) is 93.3 Å². The fourth-order valence-electron chi connectivity index (χ4n) is 4.62. The highest BCUT2D eigenvalue weighted by molar-refractivity contribution is 9.12. The van der Waals surface area contributed by atoms with Gasteiger partial charge in [-0.15, -0.1) is 22.7 Å². The number of hydrogen-bond donors (Lipinski definition) is 0.